The van der Waals surface area contributed by atoms with Gasteiger partial charge in [-0.15, -0.1) is 0 Å². The average Bonchev–Trinajstić information content (AvgIpc) is 2.78. The van der Waals surface area contributed by atoms with Crippen LogP contribution in [0, 0.1) is 11.6 Å². The van der Waals surface area contributed by atoms with E-state index in [1.807, 2.05) is 0 Å². The van der Waals surface area contributed by atoms with Gasteiger partial charge in [-0.2, -0.15) is 0 Å². The van der Waals surface area contributed by atoms with E-state index in [-0.39, 0.29) is 34.2 Å². The van der Waals surface area contributed by atoms with Crippen molar-refractivity contribution < 1.29 is 27.8 Å². The van der Waals surface area contributed by atoms with E-state index in [0.717, 1.165) is 6.07 Å². The van der Waals surface area contributed by atoms with Crippen LogP contribution in [0.3, 0.4) is 0 Å². The quantitative estimate of drug-likeness (QED) is 0.488. The van der Waals surface area contributed by atoms with Crippen molar-refractivity contribution in [1.29, 1.82) is 0 Å². The summed E-state index contributed by atoms with van der Waals surface area (Å²) in [6.45, 7) is 3.55. The van der Waals surface area contributed by atoms with Gasteiger partial charge in [0.15, 0.2) is 17.4 Å². The van der Waals surface area contributed by atoms with Gasteiger partial charge in [-0.05, 0) is 26.0 Å². The minimum atomic E-state index is -1.22. The molecule has 0 aliphatic heterocycles. The van der Waals surface area contributed by atoms with Crippen molar-refractivity contribution in [2.45, 2.75) is 19.9 Å². The van der Waals surface area contributed by atoms with E-state index in [2.05, 4.69) is 10.3 Å². The largest absolute Gasteiger partial charge is 0.496 e. The van der Waals surface area contributed by atoms with Crippen molar-refractivity contribution in [3.05, 3.63) is 52.7 Å². The second kappa shape index (κ2) is 9.45. The zero-order valence-electron chi connectivity index (χ0n) is 18.2. The van der Waals surface area contributed by atoms with Gasteiger partial charge in [0.05, 0.1) is 23.9 Å². The number of benzene rings is 2. The van der Waals surface area contributed by atoms with Crippen LogP contribution in [0.25, 0.3) is 10.9 Å². The van der Waals surface area contributed by atoms with Crippen molar-refractivity contribution in [2.24, 2.45) is 5.73 Å². The molecule has 0 saturated heterocycles. The summed E-state index contributed by atoms with van der Waals surface area (Å²) in [5.41, 5.74) is 5.51. The SMILES string of the molecule is COc1cc2nccc(Oc3c(F)cc(NC(=O)N(C)C(C)C)c(Cl)c3F)c2cc1C(N)=O. The molecule has 0 fully saturated rings. The molecule has 2 aromatic carbocycles. The summed E-state index contributed by atoms with van der Waals surface area (Å²) >= 11 is 6.04. The number of nitrogens with one attached hydrogen (secondary N) is 1. The number of carbonyl (C=O) groups is 2. The lowest BCUT2D eigenvalue weighted by Crippen LogP contribution is -2.36. The molecule has 1 heterocycles. The predicted octanol–water partition coefficient (Wildman–Crippen LogP) is 4.94. The first kappa shape index (κ1) is 24.0. The minimum Gasteiger partial charge on any atom is -0.496 e. The highest BCUT2D eigenvalue weighted by atomic mass is 35.5. The zero-order chi connectivity index (χ0) is 24.4. The van der Waals surface area contributed by atoms with Crippen molar-refractivity contribution in [1.82, 2.24) is 9.88 Å². The zero-order valence-corrected chi connectivity index (χ0v) is 19.0. The van der Waals surface area contributed by atoms with Crippen LogP contribution in [-0.2, 0) is 0 Å². The van der Waals surface area contributed by atoms with Crippen molar-refractivity contribution in [3.63, 3.8) is 0 Å². The molecule has 3 N–H and O–H groups in total. The van der Waals surface area contributed by atoms with Crippen molar-refractivity contribution in [2.75, 3.05) is 19.5 Å². The molecule has 0 saturated carbocycles. The van der Waals surface area contributed by atoms with E-state index in [9.17, 15) is 18.4 Å². The van der Waals surface area contributed by atoms with Gasteiger partial charge >= 0.3 is 6.03 Å². The number of methoxy groups -OCH3 is 1. The fourth-order valence-corrected chi connectivity index (χ4v) is 3.10. The van der Waals surface area contributed by atoms with Gasteiger partial charge in [0, 0.05) is 36.8 Å². The predicted molar refractivity (Wildman–Crippen MR) is 120 cm³/mol. The van der Waals surface area contributed by atoms with Gasteiger partial charge in [0.1, 0.15) is 16.5 Å². The van der Waals surface area contributed by atoms with Crippen LogP contribution in [0.15, 0.2) is 30.5 Å². The summed E-state index contributed by atoms with van der Waals surface area (Å²) in [6, 6.07) is 4.28. The van der Waals surface area contributed by atoms with E-state index in [1.54, 1.807) is 13.8 Å². The maximum atomic E-state index is 15.0. The van der Waals surface area contributed by atoms with E-state index in [1.165, 1.54) is 43.5 Å². The van der Waals surface area contributed by atoms with Crippen LogP contribution in [0.5, 0.6) is 17.2 Å². The number of anilines is 1. The molecule has 3 amide bonds. The Morgan fingerprint density at radius 3 is 2.52 bits per heavy atom. The van der Waals surface area contributed by atoms with Crippen LogP contribution in [-0.4, -0.2) is 42.0 Å². The molecule has 0 unspecified atom stereocenters. The third-order valence-electron chi connectivity index (χ3n) is 4.95. The van der Waals surface area contributed by atoms with Crippen LogP contribution in [0.2, 0.25) is 5.02 Å². The fourth-order valence-electron chi connectivity index (χ4n) is 2.91. The van der Waals surface area contributed by atoms with Gasteiger partial charge in [0.2, 0.25) is 0 Å². The lowest BCUT2D eigenvalue weighted by molar-refractivity contribution is 0.0997. The molecule has 0 spiro atoms. The number of primary amides is 1. The molecule has 1 aromatic heterocycles. The van der Waals surface area contributed by atoms with E-state index >= 15 is 0 Å². The fraction of sp³-hybridized carbons (Fsp3) is 0.227. The number of halogens is 3. The minimum absolute atomic E-state index is 0.00431. The maximum Gasteiger partial charge on any atom is 0.321 e. The summed E-state index contributed by atoms with van der Waals surface area (Å²) in [5.74, 6) is -3.70. The molecule has 0 radical (unpaired) electrons. The Morgan fingerprint density at radius 1 is 1.21 bits per heavy atom. The van der Waals surface area contributed by atoms with Crippen LogP contribution < -0.4 is 20.5 Å². The number of amides is 3. The molecule has 3 rings (SSSR count). The van der Waals surface area contributed by atoms with E-state index in [4.69, 9.17) is 26.8 Å². The Labute approximate surface area is 193 Å². The highest BCUT2D eigenvalue weighted by molar-refractivity contribution is 6.34. The number of urea groups is 1. The molecule has 8 nitrogen and oxygen atoms in total. The molecule has 0 atom stereocenters. The molecule has 3 aromatic rings. The van der Waals surface area contributed by atoms with Gasteiger partial charge in [-0.1, -0.05) is 11.6 Å². The monoisotopic (exact) mass is 478 g/mol. The Kier molecular flexibility index (Phi) is 6.87. The molecule has 11 heteroatoms. The smallest absolute Gasteiger partial charge is 0.321 e. The van der Waals surface area contributed by atoms with Crippen LogP contribution in [0.1, 0.15) is 24.2 Å². The highest BCUT2D eigenvalue weighted by Gasteiger charge is 2.23. The second-order valence-electron chi connectivity index (χ2n) is 7.34. The van der Waals surface area contributed by atoms with Gasteiger partial charge in [-0.25, -0.2) is 13.6 Å². The number of carbonyl (C=O) groups excluding carboxylic acids is 2. The number of nitrogens with zero attached hydrogens (tertiary/aromatic N) is 2. The first-order chi connectivity index (χ1) is 15.5. The average molecular weight is 479 g/mol. The lowest BCUT2D eigenvalue weighted by Gasteiger charge is -2.22. The van der Waals surface area contributed by atoms with Crippen LogP contribution in [0.4, 0.5) is 19.3 Å². The molecular weight excluding hydrogens is 458 g/mol. The van der Waals surface area contributed by atoms with E-state index < -0.39 is 34.3 Å². The Morgan fingerprint density at radius 2 is 1.91 bits per heavy atom. The third-order valence-corrected chi connectivity index (χ3v) is 5.32. The number of pyridine rings is 1. The third kappa shape index (κ3) is 4.75. The molecule has 0 aliphatic carbocycles. The normalized spacial score (nSPS) is 10.9. The number of fused-ring (bicyclic) bond motifs is 1. The lowest BCUT2D eigenvalue weighted by atomic mass is 10.1. The van der Waals surface area contributed by atoms with E-state index in [0.29, 0.717) is 5.52 Å². The summed E-state index contributed by atoms with van der Waals surface area (Å²) in [4.78, 5) is 29.5. The van der Waals surface area contributed by atoms with Crippen molar-refractivity contribution in [3.8, 4) is 17.2 Å². The molecule has 0 bridgehead atoms. The molecular formula is C22H21ClF2N4O4. The summed E-state index contributed by atoms with van der Waals surface area (Å²) in [7, 11) is 2.89. The number of hydrogen-bond acceptors (Lipinski definition) is 5. The number of ether oxygens (including phenoxy) is 2. The first-order valence-corrected chi connectivity index (χ1v) is 10.1. The second-order valence-corrected chi connectivity index (χ2v) is 7.72. The molecule has 174 valence electrons. The standard InChI is InChI=1S/C22H21ClF2N4O4/c1-10(2)29(3)22(31)28-15-8-13(24)20(19(25)18(15)23)33-16-5-6-27-14-9-17(32-4)12(21(26)30)7-11(14)16/h5-10H,1-4H3,(H2,26,30)(H,28,31). The van der Waals surface area contributed by atoms with Crippen molar-refractivity contribution >= 4 is 40.1 Å². The summed E-state index contributed by atoms with van der Waals surface area (Å²) in [5, 5.41) is 2.10. The van der Waals surface area contributed by atoms with Gasteiger partial charge in [0.25, 0.3) is 5.91 Å². The number of nitrogens with two attached hydrogens (primary N) is 1. The van der Waals surface area contributed by atoms with Crippen LogP contribution >= 0.6 is 11.6 Å². The Bertz CT molecular complexity index is 1250. The first-order valence-electron chi connectivity index (χ1n) is 9.70. The number of rotatable bonds is 6. The molecule has 33 heavy (non-hydrogen) atoms. The Hall–Kier alpha value is -3.66. The number of aromatic nitrogens is 1. The highest BCUT2D eigenvalue weighted by Crippen LogP contribution is 2.39. The topological polar surface area (TPSA) is 107 Å². The van der Waals surface area contributed by atoms with Gasteiger partial charge in [-0.3, -0.25) is 9.78 Å². The summed E-state index contributed by atoms with van der Waals surface area (Å²) in [6.07, 6.45) is 1.36. The van der Waals surface area contributed by atoms with Gasteiger partial charge < -0.3 is 25.4 Å². The number of hydrogen-bond donors (Lipinski definition) is 2. The Balaban J connectivity index is 2.03. The summed E-state index contributed by atoms with van der Waals surface area (Å²) < 4.78 is 40.4. The molecule has 0 aliphatic rings. The maximum absolute atomic E-state index is 15.0.